The summed E-state index contributed by atoms with van der Waals surface area (Å²) in [6, 6.07) is 14.7. The molecule has 0 spiro atoms. The maximum absolute atomic E-state index is 12.1. The van der Waals surface area contributed by atoms with E-state index in [-0.39, 0.29) is 18.0 Å². The van der Waals surface area contributed by atoms with Crippen LogP contribution in [0.25, 0.3) is 11.3 Å². The molecule has 1 heterocycles. The summed E-state index contributed by atoms with van der Waals surface area (Å²) in [5.41, 5.74) is 3.03. The molecule has 0 aliphatic heterocycles. The van der Waals surface area contributed by atoms with Crippen LogP contribution in [0.15, 0.2) is 53.9 Å². The molecule has 1 amide bonds. The number of nitrogens with one attached hydrogen (secondary N) is 1. The number of amides is 1. The highest BCUT2D eigenvalue weighted by molar-refractivity contribution is 7.10. The Kier molecular flexibility index (Phi) is 5.38. The molecule has 0 bridgehead atoms. The molecule has 3 rings (SSSR count). The van der Waals surface area contributed by atoms with E-state index in [1.165, 1.54) is 17.4 Å². The van der Waals surface area contributed by atoms with Crippen molar-refractivity contribution in [1.29, 1.82) is 0 Å². The van der Waals surface area contributed by atoms with Crippen LogP contribution in [0.3, 0.4) is 0 Å². The molecule has 0 aliphatic rings. The summed E-state index contributed by atoms with van der Waals surface area (Å²) in [5.74, 6) is -0.107. The molecule has 1 aromatic heterocycles. The molecule has 0 fully saturated rings. The van der Waals surface area contributed by atoms with Crippen LogP contribution in [0.4, 0.5) is 5.69 Å². The summed E-state index contributed by atoms with van der Waals surface area (Å²) in [4.78, 5) is 27.2. The highest BCUT2D eigenvalue weighted by Crippen LogP contribution is 2.28. The second kappa shape index (κ2) is 7.88. The average molecular weight is 367 g/mol. The number of nitro benzene ring substituents is 1. The predicted molar refractivity (Wildman–Crippen MR) is 101 cm³/mol. The molecule has 7 heteroatoms. The van der Waals surface area contributed by atoms with Gasteiger partial charge < -0.3 is 5.32 Å². The monoisotopic (exact) mass is 367 g/mol. The lowest BCUT2D eigenvalue weighted by molar-refractivity contribution is -0.385. The van der Waals surface area contributed by atoms with Gasteiger partial charge >= 0.3 is 0 Å². The number of carbonyl (C=O) groups excluding carboxylic acids is 1. The Labute approximate surface area is 154 Å². The van der Waals surface area contributed by atoms with Gasteiger partial charge in [-0.2, -0.15) is 0 Å². The van der Waals surface area contributed by atoms with Crippen LogP contribution < -0.4 is 5.32 Å². The smallest absolute Gasteiger partial charge is 0.272 e. The minimum atomic E-state index is -0.400. The van der Waals surface area contributed by atoms with Gasteiger partial charge in [-0.3, -0.25) is 14.9 Å². The highest BCUT2D eigenvalue weighted by atomic mass is 32.1. The second-order valence-electron chi connectivity index (χ2n) is 5.82. The average Bonchev–Trinajstić information content (AvgIpc) is 3.09. The number of aromatic nitrogens is 1. The van der Waals surface area contributed by atoms with E-state index < -0.39 is 4.92 Å². The van der Waals surface area contributed by atoms with Gasteiger partial charge in [0.25, 0.3) is 5.69 Å². The molecule has 2 aromatic carbocycles. The van der Waals surface area contributed by atoms with E-state index >= 15 is 0 Å². The van der Waals surface area contributed by atoms with Crippen molar-refractivity contribution < 1.29 is 9.72 Å². The fourth-order valence-corrected chi connectivity index (χ4v) is 3.29. The molecular weight excluding hydrogens is 350 g/mol. The van der Waals surface area contributed by atoms with Gasteiger partial charge in [0.05, 0.1) is 17.0 Å². The van der Waals surface area contributed by atoms with E-state index in [2.05, 4.69) is 10.3 Å². The van der Waals surface area contributed by atoms with Crippen LogP contribution in [0, 0.1) is 17.0 Å². The molecule has 0 aliphatic carbocycles. The molecule has 26 heavy (non-hydrogen) atoms. The normalized spacial score (nSPS) is 10.5. The zero-order valence-corrected chi connectivity index (χ0v) is 15.0. The number of rotatable bonds is 6. The maximum atomic E-state index is 12.1. The summed E-state index contributed by atoms with van der Waals surface area (Å²) in [5, 5.41) is 16.4. The van der Waals surface area contributed by atoms with Crippen molar-refractivity contribution in [3.8, 4) is 11.3 Å². The van der Waals surface area contributed by atoms with Gasteiger partial charge in [-0.15, -0.1) is 11.3 Å². The Morgan fingerprint density at radius 3 is 2.73 bits per heavy atom. The zero-order chi connectivity index (χ0) is 18.5. The number of benzene rings is 2. The van der Waals surface area contributed by atoms with Crippen molar-refractivity contribution in [3.63, 3.8) is 0 Å². The number of hydrogen-bond donors (Lipinski definition) is 1. The van der Waals surface area contributed by atoms with Crippen LogP contribution in [-0.4, -0.2) is 15.8 Å². The molecule has 0 saturated carbocycles. The van der Waals surface area contributed by atoms with E-state index in [1.54, 1.807) is 19.1 Å². The molecule has 1 N–H and O–H groups in total. The van der Waals surface area contributed by atoms with Gasteiger partial charge in [0.15, 0.2) is 0 Å². The van der Waals surface area contributed by atoms with Crippen molar-refractivity contribution in [2.75, 3.05) is 0 Å². The van der Waals surface area contributed by atoms with E-state index in [4.69, 9.17) is 0 Å². The molecule has 132 valence electrons. The lowest BCUT2D eigenvalue weighted by Crippen LogP contribution is -2.24. The standard InChI is InChI=1S/C19H17N3O3S/c1-13-7-8-15(9-17(13)22(24)25)16-12-26-19(21-16)10-18(23)20-11-14-5-3-2-4-6-14/h2-9,12H,10-11H2,1H3,(H,20,23). The lowest BCUT2D eigenvalue weighted by atomic mass is 10.1. The summed E-state index contributed by atoms with van der Waals surface area (Å²) < 4.78 is 0. The summed E-state index contributed by atoms with van der Waals surface area (Å²) in [6.07, 6.45) is 0.186. The lowest BCUT2D eigenvalue weighted by Gasteiger charge is -2.03. The zero-order valence-electron chi connectivity index (χ0n) is 14.1. The van der Waals surface area contributed by atoms with Crippen LogP contribution in [0.1, 0.15) is 16.1 Å². The second-order valence-corrected chi connectivity index (χ2v) is 6.77. The van der Waals surface area contributed by atoms with Crippen LogP contribution >= 0.6 is 11.3 Å². The third-order valence-electron chi connectivity index (χ3n) is 3.90. The van der Waals surface area contributed by atoms with Crippen molar-refractivity contribution >= 4 is 22.9 Å². The third-order valence-corrected chi connectivity index (χ3v) is 4.75. The van der Waals surface area contributed by atoms with Crippen LogP contribution in [-0.2, 0) is 17.8 Å². The topological polar surface area (TPSA) is 85.1 Å². The molecule has 0 radical (unpaired) electrons. The van der Waals surface area contributed by atoms with Crippen molar-refractivity contribution in [2.24, 2.45) is 0 Å². The van der Waals surface area contributed by atoms with Crippen LogP contribution in [0.2, 0.25) is 0 Å². The SMILES string of the molecule is Cc1ccc(-c2csc(CC(=O)NCc3ccccc3)n2)cc1[N+](=O)[O-]. The third kappa shape index (κ3) is 4.31. The van der Waals surface area contributed by atoms with E-state index in [1.807, 2.05) is 35.7 Å². The summed E-state index contributed by atoms with van der Waals surface area (Å²) in [7, 11) is 0. The maximum Gasteiger partial charge on any atom is 0.272 e. The molecule has 3 aromatic rings. The molecule has 6 nitrogen and oxygen atoms in total. The first-order chi connectivity index (χ1) is 12.5. The quantitative estimate of drug-likeness (QED) is 0.529. The largest absolute Gasteiger partial charge is 0.352 e. The number of carbonyl (C=O) groups is 1. The Balaban J connectivity index is 1.65. The molecule has 0 unspecified atom stereocenters. The van der Waals surface area contributed by atoms with Crippen molar-refractivity contribution in [2.45, 2.75) is 19.9 Å². The fraction of sp³-hybridized carbons (Fsp3) is 0.158. The summed E-state index contributed by atoms with van der Waals surface area (Å²) in [6.45, 7) is 2.17. The Morgan fingerprint density at radius 1 is 1.23 bits per heavy atom. The molecular formula is C19H17N3O3S. The van der Waals surface area contributed by atoms with E-state index in [9.17, 15) is 14.9 Å². The van der Waals surface area contributed by atoms with Gasteiger partial charge in [-0.25, -0.2) is 4.98 Å². The summed E-state index contributed by atoms with van der Waals surface area (Å²) >= 11 is 1.37. The number of nitro groups is 1. The first-order valence-corrected chi connectivity index (χ1v) is 8.91. The Bertz CT molecular complexity index is 938. The molecule has 0 saturated heterocycles. The van der Waals surface area contributed by atoms with Crippen molar-refractivity contribution in [1.82, 2.24) is 10.3 Å². The van der Waals surface area contributed by atoms with Gasteiger partial charge in [0, 0.05) is 29.1 Å². The van der Waals surface area contributed by atoms with Gasteiger partial charge in [0.2, 0.25) is 5.91 Å². The Morgan fingerprint density at radius 2 is 2.00 bits per heavy atom. The number of aryl methyl sites for hydroxylation is 1. The number of hydrogen-bond acceptors (Lipinski definition) is 5. The fourth-order valence-electron chi connectivity index (χ4n) is 2.49. The van der Waals surface area contributed by atoms with Crippen LogP contribution in [0.5, 0.6) is 0 Å². The van der Waals surface area contributed by atoms with E-state index in [0.717, 1.165) is 5.56 Å². The minimum absolute atomic E-state index is 0.0673. The first kappa shape index (κ1) is 17.8. The van der Waals surface area contributed by atoms with Crippen molar-refractivity contribution in [3.05, 3.63) is 80.2 Å². The Hall–Kier alpha value is -3.06. The number of nitrogens with zero attached hydrogens (tertiary/aromatic N) is 2. The van der Waals surface area contributed by atoms with Gasteiger partial charge in [-0.05, 0) is 12.5 Å². The molecule has 0 atom stereocenters. The predicted octanol–water partition coefficient (Wildman–Crippen LogP) is 3.89. The van der Waals surface area contributed by atoms with Gasteiger partial charge in [0.1, 0.15) is 5.01 Å². The minimum Gasteiger partial charge on any atom is -0.352 e. The number of thiazole rings is 1. The first-order valence-electron chi connectivity index (χ1n) is 8.03. The highest BCUT2D eigenvalue weighted by Gasteiger charge is 2.14. The van der Waals surface area contributed by atoms with Gasteiger partial charge in [-0.1, -0.05) is 42.5 Å². The van der Waals surface area contributed by atoms with E-state index in [0.29, 0.717) is 28.4 Å².